The van der Waals surface area contributed by atoms with E-state index < -0.39 is 0 Å². The molecule has 94 valence electrons. The van der Waals surface area contributed by atoms with Crippen LogP contribution >= 0.6 is 46.4 Å². The fourth-order valence-corrected chi connectivity index (χ4v) is 3.02. The lowest BCUT2D eigenvalue weighted by molar-refractivity contribution is 1.07. The number of benzene rings is 2. The zero-order valence-electron chi connectivity index (χ0n) is 9.18. The fraction of sp³-hybridized carbons (Fsp3) is 0.0769. The maximum Gasteiger partial charge on any atom is 0.0514 e. The predicted octanol–water partition coefficient (Wildman–Crippen LogP) is 5.43. The lowest BCUT2D eigenvalue weighted by atomic mass is 10.0. The Morgan fingerprint density at radius 3 is 1.89 bits per heavy atom. The van der Waals surface area contributed by atoms with Gasteiger partial charge in [-0.15, -0.1) is 0 Å². The molecule has 2 rings (SSSR count). The molecule has 0 spiro atoms. The summed E-state index contributed by atoms with van der Waals surface area (Å²) in [6.07, 6.45) is 0. The van der Waals surface area contributed by atoms with Gasteiger partial charge in [-0.25, -0.2) is 0 Å². The molecule has 0 radical (unpaired) electrons. The Bertz CT molecular complexity index is 573. The standard InChI is InChI=1S/C13H9Cl4N/c14-9-2-7(6-18)1-8(3-9)13-11(16)4-10(15)5-12(13)17/h1-5H,6,18H2. The van der Waals surface area contributed by atoms with Gasteiger partial charge in [0.1, 0.15) is 0 Å². The normalized spacial score (nSPS) is 10.7. The van der Waals surface area contributed by atoms with Crippen LogP contribution in [0.5, 0.6) is 0 Å². The molecule has 0 fully saturated rings. The van der Waals surface area contributed by atoms with Crippen molar-refractivity contribution in [1.82, 2.24) is 0 Å². The summed E-state index contributed by atoms with van der Waals surface area (Å²) in [5.74, 6) is 0. The zero-order chi connectivity index (χ0) is 13.3. The summed E-state index contributed by atoms with van der Waals surface area (Å²) in [5, 5.41) is 2.06. The molecular formula is C13H9Cl4N. The van der Waals surface area contributed by atoms with E-state index in [2.05, 4.69) is 0 Å². The zero-order valence-corrected chi connectivity index (χ0v) is 12.2. The summed E-state index contributed by atoms with van der Waals surface area (Å²) < 4.78 is 0. The van der Waals surface area contributed by atoms with Crippen LogP contribution in [0.25, 0.3) is 11.1 Å². The minimum Gasteiger partial charge on any atom is -0.326 e. The smallest absolute Gasteiger partial charge is 0.0514 e. The Hall–Kier alpha value is -0.440. The number of rotatable bonds is 2. The Labute approximate surface area is 125 Å². The van der Waals surface area contributed by atoms with Crippen molar-refractivity contribution in [2.45, 2.75) is 6.54 Å². The van der Waals surface area contributed by atoms with Gasteiger partial charge in [-0.2, -0.15) is 0 Å². The Morgan fingerprint density at radius 2 is 1.33 bits per heavy atom. The molecule has 0 amide bonds. The molecule has 2 N–H and O–H groups in total. The first kappa shape index (κ1) is 14.0. The van der Waals surface area contributed by atoms with E-state index in [1.807, 2.05) is 12.1 Å². The van der Waals surface area contributed by atoms with Crippen LogP contribution in [0.2, 0.25) is 20.1 Å². The van der Waals surface area contributed by atoms with Gasteiger partial charge in [0.05, 0.1) is 10.0 Å². The molecule has 1 nitrogen and oxygen atoms in total. The highest BCUT2D eigenvalue weighted by atomic mass is 35.5. The van der Waals surface area contributed by atoms with E-state index in [9.17, 15) is 0 Å². The average Bonchev–Trinajstić information content (AvgIpc) is 2.26. The van der Waals surface area contributed by atoms with E-state index >= 15 is 0 Å². The highest BCUT2D eigenvalue weighted by Crippen LogP contribution is 2.38. The van der Waals surface area contributed by atoms with Crippen molar-refractivity contribution in [2.24, 2.45) is 5.73 Å². The van der Waals surface area contributed by atoms with Crippen LogP contribution in [0.4, 0.5) is 0 Å². The molecule has 0 saturated carbocycles. The van der Waals surface area contributed by atoms with Crippen molar-refractivity contribution in [3.05, 3.63) is 56.0 Å². The number of halogens is 4. The van der Waals surface area contributed by atoms with Crippen LogP contribution < -0.4 is 5.73 Å². The molecule has 5 heteroatoms. The quantitative estimate of drug-likeness (QED) is 0.784. The summed E-state index contributed by atoms with van der Waals surface area (Å²) in [7, 11) is 0. The lowest BCUT2D eigenvalue weighted by Crippen LogP contribution is -1.96. The van der Waals surface area contributed by atoms with E-state index in [4.69, 9.17) is 52.1 Å². The molecule has 0 heterocycles. The molecule has 0 aromatic heterocycles. The van der Waals surface area contributed by atoms with Crippen molar-refractivity contribution in [3.8, 4) is 11.1 Å². The summed E-state index contributed by atoms with van der Waals surface area (Å²) in [5.41, 5.74) is 8.07. The van der Waals surface area contributed by atoms with Gasteiger partial charge in [-0.3, -0.25) is 0 Å². The second-order valence-corrected chi connectivity index (χ2v) is 5.48. The molecule has 2 aromatic carbocycles. The molecule has 0 aliphatic carbocycles. The van der Waals surface area contributed by atoms with Crippen molar-refractivity contribution >= 4 is 46.4 Å². The maximum absolute atomic E-state index is 6.17. The molecule has 0 atom stereocenters. The van der Waals surface area contributed by atoms with E-state index in [1.54, 1.807) is 18.2 Å². The Morgan fingerprint density at radius 1 is 0.778 bits per heavy atom. The van der Waals surface area contributed by atoms with Crippen molar-refractivity contribution < 1.29 is 0 Å². The van der Waals surface area contributed by atoms with Gasteiger partial charge >= 0.3 is 0 Å². The largest absolute Gasteiger partial charge is 0.326 e. The van der Waals surface area contributed by atoms with Gasteiger partial charge in [0.15, 0.2) is 0 Å². The first-order valence-electron chi connectivity index (χ1n) is 5.15. The minimum absolute atomic E-state index is 0.399. The Balaban J connectivity index is 2.65. The number of nitrogens with two attached hydrogens (primary N) is 1. The van der Waals surface area contributed by atoms with Crippen molar-refractivity contribution in [1.29, 1.82) is 0 Å². The fourth-order valence-electron chi connectivity index (χ4n) is 1.73. The van der Waals surface area contributed by atoms with Gasteiger partial charge in [0.25, 0.3) is 0 Å². The molecule has 0 saturated heterocycles. The third-order valence-electron chi connectivity index (χ3n) is 2.49. The van der Waals surface area contributed by atoms with E-state index in [1.165, 1.54) is 0 Å². The van der Waals surface area contributed by atoms with Crippen molar-refractivity contribution in [2.75, 3.05) is 0 Å². The monoisotopic (exact) mass is 319 g/mol. The molecule has 0 aliphatic rings. The van der Waals surface area contributed by atoms with Crippen LogP contribution in [0.15, 0.2) is 30.3 Å². The minimum atomic E-state index is 0.399. The second kappa shape index (κ2) is 5.68. The maximum atomic E-state index is 6.17. The molecule has 2 aromatic rings. The number of hydrogen-bond acceptors (Lipinski definition) is 1. The highest BCUT2D eigenvalue weighted by Gasteiger charge is 2.11. The highest BCUT2D eigenvalue weighted by molar-refractivity contribution is 6.42. The van der Waals surface area contributed by atoms with Gasteiger partial charge in [0.2, 0.25) is 0 Å². The molecular weight excluding hydrogens is 312 g/mol. The van der Waals surface area contributed by atoms with Gasteiger partial charge in [-0.05, 0) is 41.5 Å². The summed E-state index contributed by atoms with van der Waals surface area (Å²) in [4.78, 5) is 0. The van der Waals surface area contributed by atoms with Crippen LogP contribution in [-0.4, -0.2) is 0 Å². The number of hydrogen-bond donors (Lipinski definition) is 1. The van der Waals surface area contributed by atoms with Gasteiger partial charge in [0, 0.05) is 22.2 Å². The van der Waals surface area contributed by atoms with Crippen LogP contribution in [0, 0.1) is 0 Å². The van der Waals surface area contributed by atoms with Gasteiger partial charge in [-0.1, -0.05) is 46.4 Å². The topological polar surface area (TPSA) is 26.0 Å². The van der Waals surface area contributed by atoms with Crippen molar-refractivity contribution in [3.63, 3.8) is 0 Å². The van der Waals surface area contributed by atoms with Gasteiger partial charge < -0.3 is 5.73 Å². The first-order valence-corrected chi connectivity index (χ1v) is 6.67. The molecule has 0 unspecified atom stereocenters. The Kier molecular flexibility index (Phi) is 4.41. The molecule has 0 bridgehead atoms. The third-order valence-corrected chi connectivity index (χ3v) is 3.52. The first-order chi connectivity index (χ1) is 8.51. The molecule has 18 heavy (non-hydrogen) atoms. The summed E-state index contributed by atoms with van der Waals surface area (Å²) in [6, 6.07) is 8.80. The van der Waals surface area contributed by atoms with E-state index in [-0.39, 0.29) is 0 Å². The van der Waals surface area contributed by atoms with Crippen LogP contribution in [-0.2, 0) is 6.54 Å². The second-order valence-electron chi connectivity index (χ2n) is 3.80. The third kappa shape index (κ3) is 2.93. The summed E-state index contributed by atoms with van der Waals surface area (Å²) in [6.45, 7) is 0.399. The molecule has 0 aliphatic heterocycles. The summed E-state index contributed by atoms with van der Waals surface area (Å²) >= 11 is 24.3. The average molecular weight is 321 g/mol. The van der Waals surface area contributed by atoms with E-state index in [0.29, 0.717) is 32.2 Å². The van der Waals surface area contributed by atoms with Crippen LogP contribution in [0.1, 0.15) is 5.56 Å². The predicted molar refractivity (Wildman–Crippen MR) is 79.8 cm³/mol. The SMILES string of the molecule is NCc1cc(Cl)cc(-c2c(Cl)cc(Cl)cc2Cl)c1. The lowest BCUT2D eigenvalue weighted by Gasteiger charge is -2.10. The van der Waals surface area contributed by atoms with Crippen LogP contribution in [0.3, 0.4) is 0 Å². The van der Waals surface area contributed by atoms with E-state index in [0.717, 1.165) is 11.1 Å².